The van der Waals surface area contributed by atoms with E-state index in [9.17, 15) is 13.2 Å². The Kier molecular flexibility index (Phi) is 6.67. The highest BCUT2D eigenvalue weighted by Crippen LogP contribution is 2.22. The zero-order valence-electron chi connectivity index (χ0n) is 11.5. The second-order valence-corrected chi connectivity index (χ2v) is 7.22. The molecule has 116 valence electrons. The Bertz CT molecular complexity index is 612. The summed E-state index contributed by atoms with van der Waals surface area (Å²) < 4.78 is 24.2. The molecule has 0 radical (unpaired) electrons. The van der Waals surface area contributed by atoms with Gasteiger partial charge in [-0.25, -0.2) is 8.42 Å². The Morgan fingerprint density at radius 3 is 2.38 bits per heavy atom. The molecule has 21 heavy (non-hydrogen) atoms. The lowest BCUT2D eigenvalue weighted by atomic mass is 10.3. The monoisotopic (exact) mass is 350 g/mol. The topological polar surface area (TPSA) is 66.5 Å². The summed E-state index contributed by atoms with van der Waals surface area (Å²) in [5.41, 5.74) is 0.465. The molecule has 0 heterocycles. The molecule has 8 heteroatoms. The van der Waals surface area contributed by atoms with Crippen LogP contribution in [0.25, 0.3) is 0 Å². The maximum absolute atomic E-state index is 11.8. The number of sulfonamides is 1. The Hall–Kier alpha value is -1.08. The van der Waals surface area contributed by atoms with E-state index in [1.165, 1.54) is 10.4 Å². The normalized spacial score (nSPS) is 11.4. The summed E-state index contributed by atoms with van der Waals surface area (Å²) in [5.74, 6) is -0.328. The molecule has 1 N–H and O–H groups in total. The minimum Gasteiger partial charge on any atom is -0.326 e. The van der Waals surface area contributed by atoms with Crippen molar-refractivity contribution in [1.29, 1.82) is 0 Å². The van der Waals surface area contributed by atoms with Gasteiger partial charge >= 0.3 is 0 Å². The highest BCUT2D eigenvalue weighted by molar-refractivity contribution is 7.88. The highest BCUT2D eigenvalue weighted by atomic mass is 35.5. The maximum atomic E-state index is 11.8. The van der Waals surface area contributed by atoms with Crippen LogP contribution < -0.4 is 5.32 Å². The van der Waals surface area contributed by atoms with Crippen LogP contribution in [0.4, 0.5) is 5.69 Å². The Morgan fingerprint density at radius 2 is 1.90 bits per heavy atom. The smallest absolute Gasteiger partial charge is 0.225 e. The zero-order valence-corrected chi connectivity index (χ0v) is 13.8. The molecule has 0 saturated heterocycles. The van der Waals surface area contributed by atoms with Crippen molar-refractivity contribution in [1.82, 2.24) is 4.31 Å². The molecule has 1 aromatic rings. The van der Waals surface area contributed by atoms with Crippen LogP contribution in [-0.2, 0) is 14.8 Å². The van der Waals surface area contributed by atoms with Crippen molar-refractivity contribution in [2.75, 3.05) is 24.7 Å². The minimum absolute atomic E-state index is 0.0189. The van der Waals surface area contributed by atoms with Gasteiger partial charge in [0.15, 0.2) is 0 Å². The molecule has 0 bridgehead atoms. The van der Waals surface area contributed by atoms with Gasteiger partial charge in [0.1, 0.15) is 0 Å². The van der Waals surface area contributed by atoms with Gasteiger partial charge in [-0.05, 0) is 18.2 Å². The summed E-state index contributed by atoms with van der Waals surface area (Å²) >= 11 is 11.7. The van der Waals surface area contributed by atoms with Crippen molar-refractivity contribution < 1.29 is 13.2 Å². The van der Waals surface area contributed by atoms with Crippen molar-refractivity contribution in [3.63, 3.8) is 0 Å². The molecule has 0 saturated carbocycles. The fourth-order valence-electron chi connectivity index (χ4n) is 1.61. The van der Waals surface area contributed by atoms with Gasteiger partial charge in [-0.1, -0.05) is 29.3 Å². The number of halogens is 2. The van der Waals surface area contributed by atoms with Crippen molar-refractivity contribution in [2.45, 2.75) is 6.42 Å². The summed E-state index contributed by atoms with van der Waals surface area (Å²) in [6.07, 6.45) is 2.58. The molecule has 0 fully saturated rings. The Balaban J connectivity index is 2.63. The van der Waals surface area contributed by atoms with E-state index in [1.807, 2.05) is 0 Å². The van der Waals surface area contributed by atoms with Crippen LogP contribution in [-0.4, -0.2) is 38.0 Å². The molecule has 5 nitrogen and oxygen atoms in total. The van der Waals surface area contributed by atoms with Gasteiger partial charge in [0, 0.05) is 35.2 Å². The summed E-state index contributed by atoms with van der Waals surface area (Å²) in [6.45, 7) is 3.73. The van der Waals surface area contributed by atoms with E-state index in [0.29, 0.717) is 15.7 Å². The molecular formula is C13H16Cl2N2O3S. The standard InChI is InChI=1S/C13H16Cl2N2O3S/c1-3-5-17(21(2,19)20)6-4-13(18)16-12-8-10(14)7-11(15)9-12/h3,7-9H,1,4-6H2,2H3,(H,16,18). The van der Waals surface area contributed by atoms with Crippen LogP contribution in [0.1, 0.15) is 6.42 Å². The third kappa shape index (κ3) is 6.48. The average molecular weight is 351 g/mol. The van der Waals surface area contributed by atoms with Crippen LogP contribution in [0, 0.1) is 0 Å². The van der Waals surface area contributed by atoms with Crippen molar-refractivity contribution in [3.05, 3.63) is 40.9 Å². The van der Waals surface area contributed by atoms with Crippen LogP contribution >= 0.6 is 23.2 Å². The van der Waals surface area contributed by atoms with E-state index >= 15 is 0 Å². The van der Waals surface area contributed by atoms with E-state index < -0.39 is 10.0 Å². The third-order valence-electron chi connectivity index (χ3n) is 2.54. The molecule has 1 aromatic carbocycles. The Morgan fingerprint density at radius 1 is 1.33 bits per heavy atom. The summed E-state index contributed by atoms with van der Waals surface area (Å²) in [4.78, 5) is 11.8. The fraction of sp³-hybridized carbons (Fsp3) is 0.308. The van der Waals surface area contributed by atoms with Crippen LogP contribution in [0.15, 0.2) is 30.9 Å². The van der Waals surface area contributed by atoms with Gasteiger partial charge in [-0.3, -0.25) is 4.79 Å². The minimum atomic E-state index is -3.37. The van der Waals surface area contributed by atoms with Crippen molar-refractivity contribution >= 4 is 44.8 Å². The predicted octanol–water partition coefficient (Wildman–Crippen LogP) is 2.77. The van der Waals surface area contributed by atoms with Crippen LogP contribution in [0.3, 0.4) is 0 Å². The van der Waals surface area contributed by atoms with E-state index in [1.54, 1.807) is 18.2 Å². The maximum Gasteiger partial charge on any atom is 0.225 e. The van der Waals surface area contributed by atoms with Crippen LogP contribution in [0.5, 0.6) is 0 Å². The molecule has 0 aliphatic carbocycles. The second-order valence-electron chi connectivity index (χ2n) is 4.37. The molecular weight excluding hydrogens is 335 g/mol. The third-order valence-corrected chi connectivity index (χ3v) is 4.24. The van der Waals surface area contributed by atoms with Gasteiger partial charge in [-0.15, -0.1) is 6.58 Å². The number of amides is 1. The molecule has 1 rings (SSSR count). The lowest BCUT2D eigenvalue weighted by Gasteiger charge is -2.17. The fourth-order valence-corrected chi connectivity index (χ4v) is 2.94. The van der Waals surface area contributed by atoms with Crippen LogP contribution in [0.2, 0.25) is 10.0 Å². The highest BCUT2D eigenvalue weighted by Gasteiger charge is 2.16. The van der Waals surface area contributed by atoms with Gasteiger partial charge < -0.3 is 5.32 Å². The molecule has 0 aliphatic rings. The molecule has 0 unspecified atom stereocenters. The number of benzene rings is 1. The van der Waals surface area contributed by atoms with Gasteiger partial charge in [0.05, 0.1) is 6.26 Å². The number of hydrogen-bond donors (Lipinski definition) is 1. The average Bonchev–Trinajstić information content (AvgIpc) is 2.31. The summed E-state index contributed by atoms with van der Waals surface area (Å²) in [5, 5.41) is 3.43. The number of hydrogen-bond acceptors (Lipinski definition) is 3. The molecule has 0 aromatic heterocycles. The molecule has 0 aliphatic heterocycles. The van der Waals surface area contributed by atoms with E-state index in [-0.39, 0.29) is 25.4 Å². The van der Waals surface area contributed by atoms with E-state index in [2.05, 4.69) is 11.9 Å². The first-order valence-corrected chi connectivity index (χ1v) is 8.65. The lowest BCUT2D eigenvalue weighted by molar-refractivity contribution is -0.116. The zero-order chi connectivity index (χ0) is 16.0. The predicted molar refractivity (Wildman–Crippen MR) is 86.3 cm³/mol. The van der Waals surface area contributed by atoms with E-state index in [0.717, 1.165) is 6.26 Å². The van der Waals surface area contributed by atoms with E-state index in [4.69, 9.17) is 23.2 Å². The largest absolute Gasteiger partial charge is 0.326 e. The second kappa shape index (κ2) is 7.79. The number of nitrogens with zero attached hydrogens (tertiary/aromatic N) is 1. The number of carbonyl (C=O) groups excluding carboxylic acids is 1. The van der Waals surface area contributed by atoms with Crippen molar-refractivity contribution in [3.8, 4) is 0 Å². The lowest BCUT2D eigenvalue weighted by Crippen LogP contribution is -2.33. The number of carbonyl (C=O) groups is 1. The number of nitrogens with one attached hydrogen (secondary N) is 1. The summed E-state index contributed by atoms with van der Waals surface area (Å²) in [6, 6.07) is 4.67. The van der Waals surface area contributed by atoms with Gasteiger partial charge in [-0.2, -0.15) is 4.31 Å². The Labute approximate surface area is 134 Å². The van der Waals surface area contributed by atoms with Gasteiger partial charge in [0.25, 0.3) is 0 Å². The first-order valence-electron chi connectivity index (χ1n) is 6.04. The quantitative estimate of drug-likeness (QED) is 0.768. The van der Waals surface area contributed by atoms with Crippen molar-refractivity contribution in [2.24, 2.45) is 0 Å². The summed E-state index contributed by atoms with van der Waals surface area (Å²) in [7, 11) is -3.37. The first-order chi connectivity index (χ1) is 9.72. The number of rotatable bonds is 7. The molecule has 0 atom stereocenters. The van der Waals surface area contributed by atoms with Gasteiger partial charge in [0.2, 0.25) is 15.9 Å². The molecule has 0 spiro atoms. The molecule has 1 amide bonds. The first kappa shape index (κ1) is 18.0. The number of anilines is 1. The SMILES string of the molecule is C=CCN(CCC(=O)Nc1cc(Cl)cc(Cl)c1)S(C)(=O)=O.